The van der Waals surface area contributed by atoms with Crippen molar-refractivity contribution >= 4 is 29.1 Å². The van der Waals surface area contributed by atoms with E-state index in [1.165, 1.54) is 12.3 Å². The van der Waals surface area contributed by atoms with Crippen molar-refractivity contribution in [1.29, 1.82) is 0 Å². The number of aromatic nitrogens is 3. The van der Waals surface area contributed by atoms with E-state index in [-0.39, 0.29) is 28.3 Å². The van der Waals surface area contributed by atoms with Gasteiger partial charge >= 0.3 is 0 Å². The van der Waals surface area contributed by atoms with Crippen molar-refractivity contribution in [2.45, 2.75) is 0 Å². The molecule has 0 radical (unpaired) electrons. The second kappa shape index (κ2) is 4.92. The van der Waals surface area contributed by atoms with Crippen molar-refractivity contribution in [2.75, 3.05) is 5.73 Å². The number of rotatable bonds is 2. The summed E-state index contributed by atoms with van der Waals surface area (Å²) in [4.78, 5) is 15.1. The molecule has 2 aromatic rings. The van der Waals surface area contributed by atoms with E-state index in [4.69, 9.17) is 23.1 Å². The monoisotopic (exact) mass is 266 g/mol. The molecule has 0 aliphatic carbocycles. The van der Waals surface area contributed by atoms with Crippen molar-refractivity contribution < 1.29 is 4.39 Å². The summed E-state index contributed by atoms with van der Waals surface area (Å²) in [5.74, 6) is -0.235. The van der Waals surface area contributed by atoms with Crippen molar-refractivity contribution in [2.24, 2.45) is 10.7 Å². The third-order valence-electron chi connectivity index (χ3n) is 2.01. The summed E-state index contributed by atoms with van der Waals surface area (Å²) in [6.07, 6.45) is 2.42. The normalized spacial score (nSPS) is 11.6. The van der Waals surface area contributed by atoms with Gasteiger partial charge in [-0.3, -0.25) is 0 Å². The fourth-order valence-corrected chi connectivity index (χ4v) is 1.37. The summed E-state index contributed by atoms with van der Waals surface area (Å²) >= 11 is 5.60. The van der Waals surface area contributed by atoms with Crippen LogP contribution in [-0.2, 0) is 0 Å². The molecule has 0 saturated carbocycles. The summed E-state index contributed by atoms with van der Waals surface area (Å²) in [7, 11) is 0. The van der Waals surface area contributed by atoms with Gasteiger partial charge in [-0.25, -0.2) is 19.4 Å². The lowest BCUT2D eigenvalue weighted by Gasteiger charge is -2.03. The van der Waals surface area contributed by atoms with Gasteiger partial charge < -0.3 is 11.5 Å². The van der Waals surface area contributed by atoms with Gasteiger partial charge in [-0.05, 0) is 17.7 Å². The molecule has 0 saturated heterocycles. The average Bonchev–Trinajstić information content (AvgIpc) is 2.32. The van der Waals surface area contributed by atoms with Gasteiger partial charge in [0.2, 0.25) is 5.28 Å². The lowest BCUT2D eigenvalue weighted by molar-refractivity contribution is 0.621. The highest BCUT2D eigenvalue weighted by Gasteiger charge is 2.07. The minimum atomic E-state index is -0.557. The molecule has 2 aromatic heterocycles. The smallest absolute Gasteiger partial charge is 0.224 e. The quantitative estimate of drug-likeness (QED) is 0.484. The summed E-state index contributed by atoms with van der Waals surface area (Å²) in [5.41, 5.74) is 11.5. The summed E-state index contributed by atoms with van der Waals surface area (Å²) in [6.45, 7) is 0. The Morgan fingerprint density at radius 3 is 2.89 bits per heavy atom. The van der Waals surface area contributed by atoms with E-state index < -0.39 is 5.82 Å². The minimum Gasteiger partial charge on any atom is -0.383 e. The number of nitrogens with two attached hydrogens (primary N) is 2. The number of amidine groups is 1. The van der Waals surface area contributed by atoms with Gasteiger partial charge in [0, 0.05) is 12.3 Å². The van der Waals surface area contributed by atoms with Crippen LogP contribution in [0, 0.1) is 5.82 Å². The maximum absolute atomic E-state index is 13.0. The fraction of sp³-hybridized carbons (Fsp3) is 0. The van der Waals surface area contributed by atoms with E-state index in [0.717, 1.165) is 12.3 Å². The van der Waals surface area contributed by atoms with Gasteiger partial charge in [-0.2, -0.15) is 4.98 Å². The van der Waals surface area contributed by atoms with Crippen LogP contribution in [0.25, 0.3) is 0 Å². The van der Waals surface area contributed by atoms with Crippen molar-refractivity contribution in [3.8, 4) is 0 Å². The van der Waals surface area contributed by atoms with Gasteiger partial charge in [0.05, 0.1) is 11.8 Å². The zero-order valence-electron chi connectivity index (χ0n) is 9.01. The van der Waals surface area contributed by atoms with Gasteiger partial charge in [0.25, 0.3) is 0 Å². The zero-order chi connectivity index (χ0) is 13.1. The number of anilines is 1. The Morgan fingerprint density at radius 2 is 2.17 bits per heavy atom. The topological polar surface area (TPSA) is 103 Å². The number of hydrogen-bond acceptors (Lipinski definition) is 5. The van der Waals surface area contributed by atoms with Crippen LogP contribution in [0.1, 0.15) is 5.56 Å². The maximum Gasteiger partial charge on any atom is 0.224 e. The largest absolute Gasteiger partial charge is 0.383 e. The molecule has 0 fully saturated rings. The van der Waals surface area contributed by atoms with Crippen LogP contribution in [-0.4, -0.2) is 20.8 Å². The standard InChI is InChI=1S/C10H8ClFN6/c11-10-15-2-1-7(18-10)17-9(14)6-3-5(12)4-16-8(6)13/h1-4H,(H2,13,16)(H2,14,15,17,18). The molecule has 0 bridgehead atoms. The Balaban J connectivity index is 2.41. The van der Waals surface area contributed by atoms with Crippen molar-refractivity contribution in [3.05, 3.63) is 41.2 Å². The lowest BCUT2D eigenvalue weighted by atomic mass is 10.2. The molecule has 0 aliphatic rings. The third-order valence-corrected chi connectivity index (χ3v) is 2.19. The molecule has 2 heterocycles. The maximum atomic E-state index is 13.0. The molecular weight excluding hydrogens is 259 g/mol. The van der Waals surface area contributed by atoms with E-state index in [1.807, 2.05) is 0 Å². The predicted molar refractivity (Wildman–Crippen MR) is 66.0 cm³/mol. The first-order chi connectivity index (χ1) is 8.56. The number of aliphatic imine (C=N–C) groups is 1. The van der Waals surface area contributed by atoms with E-state index in [2.05, 4.69) is 19.9 Å². The molecule has 6 nitrogen and oxygen atoms in total. The van der Waals surface area contributed by atoms with Crippen LogP contribution in [0.2, 0.25) is 5.28 Å². The molecule has 0 atom stereocenters. The highest BCUT2D eigenvalue weighted by Crippen LogP contribution is 2.14. The summed E-state index contributed by atoms with van der Waals surface area (Å²) in [6, 6.07) is 2.64. The zero-order valence-corrected chi connectivity index (χ0v) is 9.76. The van der Waals surface area contributed by atoms with E-state index in [1.54, 1.807) is 0 Å². The number of halogens is 2. The molecule has 0 aromatic carbocycles. The number of nitrogen functional groups attached to an aromatic ring is 1. The molecule has 0 amide bonds. The van der Waals surface area contributed by atoms with Crippen LogP contribution >= 0.6 is 11.6 Å². The van der Waals surface area contributed by atoms with Crippen molar-refractivity contribution in [1.82, 2.24) is 15.0 Å². The van der Waals surface area contributed by atoms with E-state index in [0.29, 0.717) is 0 Å². The van der Waals surface area contributed by atoms with Gasteiger partial charge in [0.15, 0.2) is 5.82 Å². The number of nitrogens with zero attached hydrogens (tertiary/aromatic N) is 4. The lowest BCUT2D eigenvalue weighted by Crippen LogP contribution is -2.16. The average molecular weight is 267 g/mol. The Morgan fingerprint density at radius 1 is 1.39 bits per heavy atom. The molecule has 0 aliphatic heterocycles. The second-order valence-electron chi connectivity index (χ2n) is 3.27. The van der Waals surface area contributed by atoms with E-state index >= 15 is 0 Å². The Kier molecular flexibility index (Phi) is 3.33. The van der Waals surface area contributed by atoms with Crippen LogP contribution in [0.15, 0.2) is 29.5 Å². The molecule has 18 heavy (non-hydrogen) atoms. The first kappa shape index (κ1) is 12.2. The number of hydrogen-bond donors (Lipinski definition) is 2. The van der Waals surface area contributed by atoms with Crippen LogP contribution in [0.5, 0.6) is 0 Å². The first-order valence-electron chi connectivity index (χ1n) is 4.80. The predicted octanol–water partition coefficient (Wildman–Crippen LogP) is 1.28. The second-order valence-corrected chi connectivity index (χ2v) is 3.61. The third kappa shape index (κ3) is 2.69. The van der Waals surface area contributed by atoms with Gasteiger partial charge in [0.1, 0.15) is 17.5 Å². The fourth-order valence-electron chi connectivity index (χ4n) is 1.23. The molecule has 4 N–H and O–H groups in total. The molecule has 0 unspecified atom stereocenters. The minimum absolute atomic E-state index is 0.00531. The molecular formula is C10H8ClFN6. The Hall–Kier alpha value is -2.28. The van der Waals surface area contributed by atoms with Crippen LogP contribution in [0.4, 0.5) is 16.0 Å². The number of pyridine rings is 1. The first-order valence-corrected chi connectivity index (χ1v) is 5.18. The highest BCUT2D eigenvalue weighted by atomic mass is 35.5. The summed E-state index contributed by atoms with van der Waals surface area (Å²) < 4.78 is 13.0. The van der Waals surface area contributed by atoms with Gasteiger partial charge in [-0.15, -0.1) is 0 Å². The Bertz CT molecular complexity index is 615. The highest BCUT2D eigenvalue weighted by molar-refractivity contribution is 6.28. The molecule has 92 valence electrons. The van der Waals surface area contributed by atoms with Crippen molar-refractivity contribution in [3.63, 3.8) is 0 Å². The van der Waals surface area contributed by atoms with Gasteiger partial charge in [-0.1, -0.05) is 0 Å². The SMILES string of the molecule is NC(=Nc1ccnc(Cl)n1)c1cc(F)cnc1N. The van der Waals surface area contributed by atoms with E-state index in [9.17, 15) is 4.39 Å². The molecule has 8 heteroatoms. The molecule has 0 spiro atoms. The van der Waals surface area contributed by atoms with Crippen LogP contribution < -0.4 is 11.5 Å². The van der Waals surface area contributed by atoms with Crippen LogP contribution in [0.3, 0.4) is 0 Å². The summed E-state index contributed by atoms with van der Waals surface area (Å²) in [5, 5.41) is 0.0365. The Labute approximate surface area is 107 Å². The molecule has 2 rings (SSSR count).